The van der Waals surface area contributed by atoms with E-state index in [4.69, 9.17) is 0 Å². The molecule has 2 aromatic rings. The molecule has 1 unspecified atom stereocenters. The normalized spacial score (nSPS) is 19.7. The van der Waals surface area contributed by atoms with Crippen LogP contribution in [0.1, 0.15) is 26.3 Å². The van der Waals surface area contributed by atoms with E-state index in [1.807, 2.05) is 0 Å². The number of hydrogen-bond acceptors (Lipinski definition) is 3. The Morgan fingerprint density at radius 2 is 2.10 bits per heavy atom. The van der Waals surface area contributed by atoms with Gasteiger partial charge in [-0.05, 0) is 38.5 Å². The summed E-state index contributed by atoms with van der Waals surface area (Å²) >= 11 is 0. The third-order valence-corrected chi connectivity index (χ3v) is 4.18. The van der Waals surface area contributed by atoms with Crippen LogP contribution in [0.15, 0.2) is 27.8 Å². The smallest absolute Gasteiger partial charge is 0.307 e. The molecule has 0 spiro atoms. The first-order valence-corrected chi connectivity index (χ1v) is 7.15. The number of benzene rings is 1. The second-order valence-electron chi connectivity index (χ2n) is 5.83. The Balaban J connectivity index is 2.10. The van der Waals surface area contributed by atoms with Crippen LogP contribution in [0, 0.1) is 5.82 Å². The fourth-order valence-electron chi connectivity index (χ4n) is 2.98. The molecule has 1 aliphatic heterocycles. The van der Waals surface area contributed by atoms with Crippen LogP contribution in [0.5, 0.6) is 0 Å². The number of hydrogen-bond donors (Lipinski definition) is 1. The maximum Gasteiger partial charge on any atom is 0.329 e. The van der Waals surface area contributed by atoms with Crippen LogP contribution < -0.4 is 11.2 Å². The zero-order chi connectivity index (χ0) is 15.1. The van der Waals surface area contributed by atoms with Crippen molar-refractivity contribution in [3.05, 3.63) is 44.9 Å². The Kier molecular flexibility index (Phi) is 3.41. The van der Waals surface area contributed by atoms with Gasteiger partial charge in [0.15, 0.2) is 0 Å². The zero-order valence-corrected chi connectivity index (χ0v) is 12.1. The van der Waals surface area contributed by atoms with E-state index in [0.717, 1.165) is 13.0 Å². The first-order chi connectivity index (χ1) is 9.97. The summed E-state index contributed by atoms with van der Waals surface area (Å²) in [6.45, 7) is 5.75. The van der Waals surface area contributed by atoms with Crippen LogP contribution >= 0.6 is 0 Å². The fourth-order valence-corrected chi connectivity index (χ4v) is 2.98. The molecular formula is C15H18FN3O2. The van der Waals surface area contributed by atoms with E-state index >= 15 is 0 Å². The maximum absolute atomic E-state index is 13.2. The number of aromatic nitrogens is 2. The van der Waals surface area contributed by atoms with E-state index in [2.05, 4.69) is 23.7 Å². The van der Waals surface area contributed by atoms with Crippen molar-refractivity contribution in [2.45, 2.75) is 32.4 Å². The Morgan fingerprint density at radius 3 is 2.76 bits per heavy atom. The molecule has 1 atom stereocenters. The average Bonchev–Trinajstić information content (AvgIpc) is 2.87. The lowest BCUT2D eigenvalue weighted by atomic mass is 10.2. The predicted octanol–water partition coefficient (Wildman–Crippen LogP) is 1.48. The maximum atomic E-state index is 13.2. The number of fused-ring (bicyclic) bond motifs is 1. The van der Waals surface area contributed by atoms with Crippen molar-refractivity contribution in [2.75, 3.05) is 13.1 Å². The first kappa shape index (κ1) is 14.0. The van der Waals surface area contributed by atoms with Crippen LogP contribution in [0.2, 0.25) is 0 Å². The second-order valence-corrected chi connectivity index (χ2v) is 5.83. The Hall–Kier alpha value is -1.95. The molecule has 0 saturated carbocycles. The fraction of sp³-hybridized carbons (Fsp3) is 0.467. The van der Waals surface area contributed by atoms with E-state index in [1.54, 1.807) is 0 Å². The molecule has 6 heteroatoms. The molecule has 3 rings (SSSR count). The molecule has 1 saturated heterocycles. The molecule has 0 amide bonds. The number of halogens is 1. The lowest BCUT2D eigenvalue weighted by Gasteiger charge is -2.20. The van der Waals surface area contributed by atoms with Crippen molar-refractivity contribution in [1.82, 2.24) is 14.5 Å². The van der Waals surface area contributed by atoms with Gasteiger partial charge in [0, 0.05) is 19.1 Å². The van der Waals surface area contributed by atoms with Crippen molar-refractivity contribution >= 4 is 10.9 Å². The molecule has 112 valence electrons. The SMILES string of the molecule is CC(C)N1CCC(n2c(=O)[nH]c3cc(F)ccc3c2=O)C1. The quantitative estimate of drug-likeness (QED) is 0.912. The summed E-state index contributed by atoms with van der Waals surface area (Å²) in [6.07, 6.45) is 0.772. The van der Waals surface area contributed by atoms with E-state index in [1.165, 1.54) is 22.8 Å². The van der Waals surface area contributed by atoms with E-state index in [9.17, 15) is 14.0 Å². The number of likely N-dealkylation sites (tertiary alicyclic amines) is 1. The van der Waals surface area contributed by atoms with Gasteiger partial charge in [0.1, 0.15) is 5.82 Å². The molecule has 5 nitrogen and oxygen atoms in total. The van der Waals surface area contributed by atoms with Crippen molar-refractivity contribution in [3.63, 3.8) is 0 Å². The van der Waals surface area contributed by atoms with E-state index in [0.29, 0.717) is 18.0 Å². The van der Waals surface area contributed by atoms with Crippen molar-refractivity contribution in [2.24, 2.45) is 0 Å². The molecular weight excluding hydrogens is 273 g/mol. The highest BCUT2D eigenvalue weighted by molar-refractivity contribution is 5.77. The number of rotatable bonds is 2. The topological polar surface area (TPSA) is 58.1 Å². The molecule has 21 heavy (non-hydrogen) atoms. The highest BCUT2D eigenvalue weighted by Crippen LogP contribution is 2.21. The van der Waals surface area contributed by atoms with Crippen LogP contribution in [-0.2, 0) is 0 Å². The van der Waals surface area contributed by atoms with Crippen molar-refractivity contribution in [1.29, 1.82) is 0 Å². The van der Waals surface area contributed by atoms with Crippen LogP contribution in [0.3, 0.4) is 0 Å². The predicted molar refractivity (Wildman–Crippen MR) is 79.1 cm³/mol. The largest absolute Gasteiger partial charge is 0.329 e. The van der Waals surface area contributed by atoms with Crippen molar-refractivity contribution < 1.29 is 4.39 Å². The second kappa shape index (κ2) is 5.11. The summed E-state index contributed by atoms with van der Waals surface area (Å²) in [5.74, 6) is -0.470. The van der Waals surface area contributed by atoms with E-state index < -0.39 is 11.5 Å². The standard InChI is InChI=1S/C15H18FN3O2/c1-9(2)18-6-5-11(8-18)19-14(20)12-4-3-10(16)7-13(12)17-15(19)21/h3-4,7,9,11H,5-6,8H2,1-2H3,(H,17,21). The molecule has 1 fully saturated rings. The number of nitrogens with zero attached hydrogens (tertiary/aromatic N) is 2. The van der Waals surface area contributed by atoms with Crippen LogP contribution in [-0.4, -0.2) is 33.6 Å². The summed E-state index contributed by atoms with van der Waals surface area (Å²) in [6, 6.07) is 4.10. The van der Waals surface area contributed by atoms with Gasteiger partial charge >= 0.3 is 5.69 Å². The summed E-state index contributed by atoms with van der Waals surface area (Å²) in [7, 11) is 0. The van der Waals surface area contributed by atoms with Crippen molar-refractivity contribution in [3.8, 4) is 0 Å². The molecule has 0 bridgehead atoms. The third kappa shape index (κ3) is 2.40. The minimum absolute atomic E-state index is 0.127. The van der Waals surface area contributed by atoms with Gasteiger partial charge in [-0.3, -0.25) is 14.3 Å². The molecule has 1 aromatic carbocycles. The monoisotopic (exact) mass is 291 g/mol. The minimum Gasteiger partial charge on any atom is -0.307 e. The number of H-pyrrole nitrogens is 1. The summed E-state index contributed by atoms with van der Waals surface area (Å²) in [5.41, 5.74) is -0.557. The molecule has 2 heterocycles. The van der Waals surface area contributed by atoms with Gasteiger partial charge in [0.25, 0.3) is 5.56 Å². The van der Waals surface area contributed by atoms with Crippen LogP contribution in [0.4, 0.5) is 4.39 Å². The highest BCUT2D eigenvalue weighted by atomic mass is 19.1. The molecule has 0 radical (unpaired) electrons. The van der Waals surface area contributed by atoms with Gasteiger partial charge < -0.3 is 4.98 Å². The molecule has 1 N–H and O–H groups in total. The highest BCUT2D eigenvalue weighted by Gasteiger charge is 2.28. The Labute approximate surface area is 121 Å². The lowest BCUT2D eigenvalue weighted by molar-refractivity contribution is 0.263. The summed E-state index contributed by atoms with van der Waals surface area (Å²) in [5, 5.41) is 0.346. The Bertz CT molecular complexity index is 794. The van der Waals surface area contributed by atoms with E-state index in [-0.39, 0.29) is 17.1 Å². The molecule has 0 aliphatic carbocycles. The van der Waals surface area contributed by atoms with Gasteiger partial charge in [-0.15, -0.1) is 0 Å². The number of aromatic amines is 1. The molecule has 1 aliphatic rings. The van der Waals surface area contributed by atoms with Gasteiger partial charge in [0.2, 0.25) is 0 Å². The zero-order valence-electron chi connectivity index (χ0n) is 12.1. The summed E-state index contributed by atoms with van der Waals surface area (Å²) < 4.78 is 14.5. The third-order valence-electron chi connectivity index (χ3n) is 4.18. The first-order valence-electron chi connectivity index (χ1n) is 7.15. The van der Waals surface area contributed by atoms with Gasteiger partial charge in [-0.1, -0.05) is 0 Å². The molecule has 1 aromatic heterocycles. The Morgan fingerprint density at radius 1 is 1.33 bits per heavy atom. The van der Waals surface area contributed by atoms with Gasteiger partial charge in [0.05, 0.1) is 16.9 Å². The lowest BCUT2D eigenvalue weighted by Crippen LogP contribution is -2.39. The van der Waals surface area contributed by atoms with Gasteiger partial charge in [-0.25, -0.2) is 9.18 Å². The average molecular weight is 291 g/mol. The van der Waals surface area contributed by atoms with Gasteiger partial charge in [-0.2, -0.15) is 0 Å². The van der Waals surface area contributed by atoms with Crippen LogP contribution in [0.25, 0.3) is 10.9 Å². The summed E-state index contributed by atoms with van der Waals surface area (Å²) in [4.78, 5) is 29.6. The minimum atomic E-state index is -0.470. The number of nitrogens with one attached hydrogen (secondary N) is 1.